The molecule has 1 saturated heterocycles. The molecule has 6 atom stereocenters. The Labute approximate surface area is 307 Å². The van der Waals surface area contributed by atoms with Gasteiger partial charge < -0.3 is 21.1 Å². The molecule has 1 aromatic heterocycles. The van der Waals surface area contributed by atoms with Gasteiger partial charge in [0.05, 0.1) is 28.6 Å². The molecule has 2 aliphatic rings. The van der Waals surface area contributed by atoms with Crippen LogP contribution >= 0.6 is 11.3 Å². The van der Waals surface area contributed by atoms with E-state index in [9.17, 15) is 23.1 Å². The standard InChI is InChI=1S/C39H55N5O5S2/c1-38(2,3)43-35(46)32-22-28-19-13-14-20-29(28)23-44(32)24-33(45)30(21-26-15-9-7-10-16-26)40-36(47)34(39(4,5)51(6,48)49)42-37-41-31(25-50-37)27-17-11-8-12-18-27/h7-12,15-18,25,28-30,32-34,45H,13-14,19-24H2,1-6H3,(H,40,47)(H,41,42)(H,43,46). The third kappa shape index (κ3) is 9.97. The highest BCUT2D eigenvalue weighted by Gasteiger charge is 2.46. The zero-order valence-corrected chi connectivity index (χ0v) is 32.4. The summed E-state index contributed by atoms with van der Waals surface area (Å²) < 4.78 is 24.8. The molecule has 0 spiro atoms. The molecule has 2 aromatic carbocycles. The van der Waals surface area contributed by atoms with Gasteiger partial charge in [-0.1, -0.05) is 79.9 Å². The van der Waals surface area contributed by atoms with E-state index in [1.165, 1.54) is 38.0 Å². The number of sulfone groups is 1. The summed E-state index contributed by atoms with van der Waals surface area (Å²) in [6.45, 7) is 9.86. The molecule has 12 heteroatoms. The van der Waals surface area contributed by atoms with Gasteiger partial charge in [-0.15, -0.1) is 11.3 Å². The number of nitrogens with zero attached hydrogens (tertiary/aromatic N) is 2. The van der Waals surface area contributed by atoms with Gasteiger partial charge in [0.15, 0.2) is 15.0 Å². The molecule has 0 radical (unpaired) electrons. The lowest BCUT2D eigenvalue weighted by molar-refractivity contribution is -0.133. The van der Waals surface area contributed by atoms with Gasteiger partial charge >= 0.3 is 0 Å². The van der Waals surface area contributed by atoms with Crippen LogP contribution in [0, 0.1) is 11.8 Å². The number of amides is 2. The van der Waals surface area contributed by atoms with E-state index < -0.39 is 50.3 Å². The van der Waals surface area contributed by atoms with E-state index in [1.54, 1.807) is 0 Å². The van der Waals surface area contributed by atoms with E-state index >= 15 is 0 Å². The molecule has 2 fully saturated rings. The van der Waals surface area contributed by atoms with Crippen LogP contribution in [0.15, 0.2) is 66.0 Å². The molecule has 2 amide bonds. The minimum absolute atomic E-state index is 0.0418. The molecule has 0 bridgehead atoms. The van der Waals surface area contributed by atoms with Crippen molar-refractivity contribution in [2.75, 3.05) is 24.7 Å². The first-order valence-electron chi connectivity index (χ1n) is 18.1. The average molecular weight is 738 g/mol. The number of hydrogen-bond acceptors (Lipinski definition) is 9. The molecular formula is C39H55N5O5S2. The number of rotatable bonds is 13. The zero-order valence-electron chi connectivity index (χ0n) is 30.8. The first kappa shape index (κ1) is 38.9. The number of aromatic nitrogens is 1. The van der Waals surface area contributed by atoms with Crippen LogP contribution in [0.25, 0.3) is 11.3 Å². The molecule has 6 unspecified atom stereocenters. The Kier molecular flexibility index (Phi) is 12.3. The number of benzene rings is 2. The maximum Gasteiger partial charge on any atom is 0.244 e. The van der Waals surface area contributed by atoms with Crippen LogP contribution in [-0.4, -0.2) is 89.1 Å². The van der Waals surface area contributed by atoms with Crippen molar-refractivity contribution in [1.29, 1.82) is 0 Å². The van der Waals surface area contributed by atoms with Crippen molar-refractivity contribution in [3.63, 3.8) is 0 Å². The molecule has 3 aromatic rings. The van der Waals surface area contributed by atoms with Crippen molar-refractivity contribution in [1.82, 2.24) is 20.5 Å². The van der Waals surface area contributed by atoms with Crippen LogP contribution in [0.4, 0.5) is 5.13 Å². The average Bonchev–Trinajstić information content (AvgIpc) is 3.55. The van der Waals surface area contributed by atoms with Gasteiger partial charge in [-0.25, -0.2) is 13.4 Å². The van der Waals surface area contributed by atoms with Gasteiger partial charge in [-0.05, 0) is 71.3 Å². The second-order valence-electron chi connectivity index (χ2n) is 16.0. The third-order valence-electron chi connectivity index (χ3n) is 10.6. The van der Waals surface area contributed by atoms with E-state index in [2.05, 4.69) is 25.8 Å². The van der Waals surface area contributed by atoms with E-state index in [-0.39, 0.29) is 12.5 Å². The van der Waals surface area contributed by atoms with Crippen molar-refractivity contribution >= 4 is 38.1 Å². The Hall–Kier alpha value is -3.32. The topological polar surface area (TPSA) is 141 Å². The van der Waals surface area contributed by atoms with Gasteiger partial charge in [-0.2, -0.15) is 0 Å². The Morgan fingerprint density at radius 1 is 0.980 bits per heavy atom. The van der Waals surface area contributed by atoms with Crippen LogP contribution in [0.2, 0.25) is 0 Å². The number of carbonyl (C=O) groups excluding carboxylic acids is 2. The Balaban J connectivity index is 1.42. The number of thiazole rings is 1. The molecule has 1 saturated carbocycles. The number of hydrogen-bond donors (Lipinski definition) is 4. The fourth-order valence-electron chi connectivity index (χ4n) is 7.39. The molecule has 4 N–H and O–H groups in total. The summed E-state index contributed by atoms with van der Waals surface area (Å²) in [5.74, 6) is 0.325. The fraction of sp³-hybridized carbons (Fsp3) is 0.564. The summed E-state index contributed by atoms with van der Waals surface area (Å²) in [7, 11) is -3.75. The first-order valence-corrected chi connectivity index (χ1v) is 20.8. The number of carbonyl (C=O) groups is 2. The number of anilines is 1. The summed E-state index contributed by atoms with van der Waals surface area (Å²) in [6.07, 6.45) is 5.69. The Morgan fingerprint density at radius 3 is 2.24 bits per heavy atom. The van der Waals surface area contributed by atoms with Crippen LogP contribution < -0.4 is 16.0 Å². The van der Waals surface area contributed by atoms with Crippen molar-refractivity contribution in [2.45, 2.75) is 108 Å². The molecule has 1 aliphatic carbocycles. The summed E-state index contributed by atoms with van der Waals surface area (Å²) in [4.78, 5) is 34.9. The minimum Gasteiger partial charge on any atom is -0.390 e. The quantitative estimate of drug-likeness (QED) is 0.186. The van der Waals surface area contributed by atoms with E-state index in [0.717, 1.165) is 36.6 Å². The number of fused-ring (bicyclic) bond motifs is 1. The van der Waals surface area contributed by atoms with Gasteiger partial charge in [0.25, 0.3) is 0 Å². The van der Waals surface area contributed by atoms with Crippen molar-refractivity contribution in [2.24, 2.45) is 11.8 Å². The molecule has 51 heavy (non-hydrogen) atoms. The van der Waals surface area contributed by atoms with Crippen molar-refractivity contribution in [3.05, 3.63) is 71.6 Å². The number of aliphatic hydroxyl groups excluding tert-OH is 1. The zero-order chi connectivity index (χ0) is 37.0. The van der Waals surface area contributed by atoms with Crippen LogP contribution in [0.1, 0.15) is 72.3 Å². The maximum absolute atomic E-state index is 14.4. The predicted molar refractivity (Wildman–Crippen MR) is 205 cm³/mol. The molecule has 10 nitrogen and oxygen atoms in total. The SMILES string of the molecule is CC(C)(C)NC(=O)C1CC2CCCCC2CN1CC(O)C(Cc1ccccc1)NC(=O)C(Nc1nc(-c2ccccc2)cs1)C(C)(C)S(C)(=O)=O. The number of nitrogens with one attached hydrogen (secondary N) is 3. The Bertz CT molecular complexity index is 1720. The van der Waals surface area contributed by atoms with Gasteiger partial charge in [-0.3, -0.25) is 14.5 Å². The van der Waals surface area contributed by atoms with Gasteiger partial charge in [0.1, 0.15) is 6.04 Å². The predicted octanol–water partition coefficient (Wildman–Crippen LogP) is 5.30. The molecular weight excluding hydrogens is 683 g/mol. The van der Waals surface area contributed by atoms with Crippen LogP contribution in [0.3, 0.4) is 0 Å². The number of aliphatic hydroxyl groups is 1. The molecule has 1 aliphatic heterocycles. The molecule has 278 valence electrons. The first-order chi connectivity index (χ1) is 24.0. The van der Waals surface area contributed by atoms with Crippen molar-refractivity contribution in [3.8, 4) is 11.3 Å². The van der Waals surface area contributed by atoms with Gasteiger partial charge in [0, 0.05) is 35.8 Å². The second kappa shape index (κ2) is 16.1. The normalized spacial score (nSPS) is 21.9. The minimum atomic E-state index is -3.75. The number of likely N-dealkylation sites (tertiary alicyclic amines) is 1. The number of β-amino-alcohol motifs (C(OH)–C–C–N with tert-alkyl or cyclic N) is 1. The maximum atomic E-state index is 14.4. The lowest BCUT2D eigenvalue weighted by Gasteiger charge is -2.47. The molecule has 2 heterocycles. The smallest absolute Gasteiger partial charge is 0.244 e. The van der Waals surface area contributed by atoms with E-state index in [0.29, 0.717) is 35.6 Å². The van der Waals surface area contributed by atoms with E-state index in [4.69, 9.17) is 0 Å². The Morgan fingerprint density at radius 2 is 1.61 bits per heavy atom. The monoisotopic (exact) mass is 737 g/mol. The summed E-state index contributed by atoms with van der Waals surface area (Å²) in [6, 6.07) is 16.8. The highest BCUT2D eigenvalue weighted by Crippen LogP contribution is 2.39. The fourth-order valence-corrected chi connectivity index (χ4v) is 8.73. The summed E-state index contributed by atoms with van der Waals surface area (Å²) in [5, 5.41) is 23.7. The van der Waals surface area contributed by atoms with Gasteiger partial charge in [0.2, 0.25) is 11.8 Å². The summed E-state index contributed by atoms with van der Waals surface area (Å²) in [5.41, 5.74) is 2.13. The lowest BCUT2D eigenvalue weighted by Crippen LogP contribution is -2.62. The highest BCUT2D eigenvalue weighted by atomic mass is 32.2. The summed E-state index contributed by atoms with van der Waals surface area (Å²) >= 11 is 1.29. The van der Waals surface area contributed by atoms with Crippen LogP contribution in [-0.2, 0) is 25.8 Å². The number of piperidine rings is 1. The highest BCUT2D eigenvalue weighted by molar-refractivity contribution is 7.92. The largest absolute Gasteiger partial charge is 0.390 e. The van der Waals surface area contributed by atoms with Crippen molar-refractivity contribution < 1.29 is 23.1 Å². The van der Waals surface area contributed by atoms with Crippen LogP contribution in [0.5, 0.6) is 0 Å². The molecule has 5 rings (SSSR count). The van der Waals surface area contributed by atoms with E-state index in [1.807, 2.05) is 86.8 Å². The third-order valence-corrected chi connectivity index (χ3v) is 13.5. The lowest BCUT2D eigenvalue weighted by atomic mass is 9.72. The second-order valence-corrected chi connectivity index (χ2v) is 19.4.